The zero-order valence-corrected chi connectivity index (χ0v) is 9.21. The highest BCUT2D eigenvalue weighted by Crippen LogP contribution is 2.25. The van der Waals surface area contributed by atoms with Crippen molar-refractivity contribution in [3.05, 3.63) is 38.9 Å². The monoisotopic (exact) mass is 277 g/mol. The van der Waals surface area contributed by atoms with E-state index in [-0.39, 0.29) is 21.8 Å². The molecule has 1 rings (SSSR count). The molecule has 4 nitrogen and oxygen atoms in total. The number of nitro benzene ring substituents is 1. The second-order valence-corrected chi connectivity index (χ2v) is 3.45. The maximum Gasteiger partial charge on any atom is 0.287 e. The molecule has 1 aromatic carbocycles. The van der Waals surface area contributed by atoms with E-state index in [1.807, 2.05) is 0 Å². The lowest BCUT2D eigenvalue weighted by atomic mass is 10.1. The normalized spacial score (nSPS) is 9.86. The molecule has 0 radical (unpaired) electrons. The van der Waals surface area contributed by atoms with Crippen LogP contribution in [0.1, 0.15) is 10.4 Å². The Bertz CT molecular complexity index is 394. The minimum Gasteiger partial charge on any atom is -0.293 e. The zero-order chi connectivity index (χ0) is 10.7. The Morgan fingerprint density at radius 2 is 2.21 bits per heavy atom. The fraction of sp³-hybridized carbons (Fsp3) is 0.125. The standard InChI is InChI=1S/C8H5BrClNO3/c9-4-8(12)5-1-2-7(11(13)14)6(10)3-5/h1-3H,4H2. The first-order chi connectivity index (χ1) is 6.56. The van der Waals surface area contributed by atoms with E-state index in [9.17, 15) is 14.9 Å². The third-order valence-electron chi connectivity index (χ3n) is 1.59. The van der Waals surface area contributed by atoms with Crippen molar-refractivity contribution in [2.75, 3.05) is 5.33 Å². The van der Waals surface area contributed by atoms with E-state index >= 15 is 0 Å². The number of nitrogens with zero attached hydrogens (tertiary/aromatic N) is 1. The largest absolute Gasteiger partial charge is 0.293 e. The maximum atomic E-state index is 11.2. The third kappa shape index (κ3) is 2.30. The van der Waals surface area contributed by atoms with Gasteiger partial charge >= 0.3 is 0 Å². The first-order valence-electron chi connectivity index (χ1n) is 3.59. The lowest BCUT2D eigenvalue weighted by molar-refractivity contribution is -0.384. The molecule has 0 aliphatic rings. The van der Waals surface area contributed by atoms with Gasteiger partial charge in [0.2, 0.25) is 0 Å². The molecule has 6 heteroatoms. The molecule has 14 heavy (non-hydrogen) atoms. The summed E-state index contributed by atoms with van der Waals surface area (Å²) < 4.78 is 0. The highest BCUT2D eigenvalue weighted by atomic mass is 79.9. The number of carbonyl (C=O) groups excluding carboxylic acids is 1. The summed E-state index contributed by atoms with van der Waals surface area (Å²) in [7, 11) is 0. The number of rotatable bonds is 3. The highest BCUT2D eigenvalue weighted by molar-refractivity contribution is 9.09. The van der Waals surface area contributed by atoms with Gasteiger partial charge in [0.05, 0.1) is 10.3 Å². The second kappa shape index (κ2) is 4.52. The number of hydrogen-bond donors (Lipinski definition) is 0. The van der Waals surface area contributed by atoms with Gasteiger partial charge in [0, 0.05) is 11.6 Å². The van der Waals surface area contributed by atoms with E-state index in [1.165, 1.54) is 18.2 Å². The fourth-order valence-electron chi connectivity index (χ4n) is 0.906. The molecule has 0 saturated carbocycles. The SMILES string of the molecule is O=C(CBr)c1ccc([N+](=O)[O-])c(Cl)c1. The smallest absolute Gasteiger partial charge is 0.287 e. The molecule has 0 fully saturated rings. The van der Waals surface area contributed by atoms with Crippen molar-refractivity contribution in [3.63, 3.8) is 0 Å². The molecule has 0 aliphatic carbocycles. The van der Waals surface area contributed by atoms with E-state index in [0.717, 1.165) is 0 Å². The van der Waals surface area contributed by atoms with Crippen LogP contribution in [-0.2, 0) is 0 Å². The molecule has 0 unspecified atom stereocenters. The van der Waals surface area contributed by atoms with Crippen molar-refractivity contribution in [2.45, 2.75) is 0 Å². The first kappa shape index (κ1) is 11.1. The molecule has 0 aliphatic heterocycles. The second-order valence-electron chi connectivity index (χ2n) is 2.48. The van der Waals surface area contributed by atoms with Crippen LogP contribution in [-0.4, -0.2) is 16.0 Å². The minimum absolute atomic E-state index is 0.0261. The predicted molar refractivity (Wildman–Crippen MR) is 56.2 cm³/mol. The minimum atomic E-state index is -0.593. The maximum absolute atomic E-state index is 11.2. The van der Waals surface area contributed by atoms with Crippen molar-refractivity contribution >= 4 is 39.0 Å². The quantitative estimate of drug-likeness (QED) is 0.370. The van der Waals surface area contributed by atoms with Crippen LogP contribution in [0.4, 0.5) is 5.69 Å². The number of ketones is 1. The molecule has 1 aromatic rings. The number of Topliss-reactive ketones (excluding diaryl/α,β-unsaturated/α-hetero) is 1. The summed E-state index contributed by atoms with van der Waals surface area (Å²) in [5, 5.41) is 10.5. The topological polar surface area (TPSA) is 60.2 Å². The van der Waals surface area contributed by atoms with Gasteiger partial charge in [0.1, 0.15) is 5.02 Å². The third-order valence-corrected chi connectivity index (χ3v) is 2.40. The summed E-state index contributed by atoms with van der Waals surface area (Å²) in [6, 6.07) is 3.90. The van der Waals surface area contributed by atoms with Crippen LogP contribution >= 0.6 is 27.5 Å². The van der Waals surface area contributed by atoms with Crippen LogP contribution in [0.5, 0.6) is 0 Å². The fourth-order valence-corrected chi connectivity index (χ4v) is 1.48. The Labute approximate surface area is 93.1 Å². The molecule has 0 N–H and O–H groups in total. The van der Waals surface area contributed by atoms with Crippen LogP contribution in [0.2, 0.25) is 5.02 Å². The van der Waals surface area contributed by atoms with Crippen LogP contribution < -0.4 is 0 Å². The van der Waals surface area contributed by atoms with Gasteiger partial charge in [0.25, 0.3) is 5.69 Å². The number of nitro groups is 1. The average Bonchev–Trinajstić information content (AvgIpc) is 2.15. The van der Waals surface area contributed by atoms with Crippen molar-refractivity contribution < 1.29 is 9.72 Å². The summed E-state index contributed by atoms with van der Waals surface area (Å²) >= 11 is 8.61. The summed E-state index contributed by atoms with van der Waals surface area (Å²) in [6.07, 6.45) is 0. The predicted octanol–water partition coefficient (Wildman–Crippen LogP) is 2.83. The molecular formula is C8H5BrClNO3. The van der Waals surface area contributed by atoms with Gasteiger partial charge < -0.3 is 0 Å². The molecule has 0 atom stereocenters. The van der Waals surface area contributed by atoms with Gasteiger partial charge in [-0.05, 0) is 12.1 Å². The van der Waals surface area contributed by atoms with Gasteiger partial charge in [0.15, 0.2) is 5.78 Å². The number of hydrogen-bond acceptors (Lipinski definition) is 3. The van der Waals surface area contributed by atoms with E-state index in [2.05, 4.69) is 15.9 Å². The average molecular weight is 278 g/mol. The molecule has 0 heterocycles. The highest BCUT2D eigenvalue weighted by Gasteiger charge is 2.14. The van der Waals surface area contributed by atoms with E-state index < -0.39 is 4.92 Å². The number of alkyl halides is 1. The number of carbonyl (C=O) groups is 1. The van der Waals surface area contributed by atoms with Crippen LogP contribution in [0.3, 0.4) is 0 Å². The van der Waals surface area contributed by atoms with Crippen molar-refractivity contribution in [1.82, 2.24) is 0 Å². The van der Waals surface area contributed by atoms with Crippen molar-refractivity contribution in [2.24, 2.45) is 0 Å². The summed E-state index contributed by atoms with van der Waals surface area (Å²) in [5.41, 5.74) is 0.162. The summed E-state index contributed by atoms with van der Waals surface area (Å²) in [6.45, 7) is 0. The van der Waals surface area contributed by atoms with Crippen LogP contribution in [0.15, 0.2) is 18.2 Å². The Balaban J connectivity index is 3.12. The van der Waals surface area contributed by atoms with Gasteiger partial charge in [-0.15, -0.1) is 0 Å². The van der Waals surface area contributed by atoms with Gasteiger partial charge in [-0.2, -0.15) is 0 Å². The van der Waals surface area contributed by atoms with Gasteiger partial charge in [-0.25, -0.2) is 0 Å². The molecule has 0 aromatic heterocycles. The number of halogens is 2. The Morgan fingerprint density at radius 3 is 2.64 bits per heavy atom. The molecule has 0 spiro atoms. The van der Waals surface area contributed by atoms with Gasteiger partial charge in [-0.3, -0.25) is 14.9 Å². The van der Waals surface area contributed by atoms with Crippen LogP contribution in [0, 0.1) is 10.1 Å². The Hall–Kier alpha value is -0.940. The molecule has 0 bridgehead atoms. The Kier molecular flexibility index (Phi) is 3.60. The summed E-state index contributed by atoms with van der Waals surface area (Å²) in [5.74, 6) is -0.165. The number of benzene rings is 1. The van der Waals surface area contributed by atoms with E-state index in [0.29, 0.717) is 5.56 Å². The van der Waals surface area contributed by atoms with Crippen molar-refractivity contribution in [3.8, 4) is 0 Å². The molecule has 74 valence electrons. The molecule has 0 saturated heterocycles. The van der Waals surface area contributed by atoms with E-state index in [1.54, 1.807) is 0 Å². The van der Waals surface area contributed by atoms with Gasteiger partial charge in [-0.1, -0.05) is 27.5 Å². The lowest BCUT2D eigenvalue weighted by Crippen LogP contribution is -2.00. The molecule has 0 amide bonds. The Morgan fingerprint density at radius 1 is 1.57 bits per heavy atom. The van der Waals surface area contributed by atoms with Crippen LogP contribution in [0.25, 0.3) is 0 Å². The zero-order valence-electron chi connectivity index (χ0n) is 6.87. The first-order valence-corrected chi connectivity index (χ1v) is 5.09. The van der Waals surface area contributed by atoms with E-state index in [4.69, 9.17) is 11.6 Å². The summed E-state index contributed by atoms with van der Waals surface area (Å²) in [4.78, 5) is 21.0. The van der Waals surface area contributed by atoms with Crippen molar-refractivity contribution in [1.29, 1.82) is 0 Å². The lowest BCUT2D eigenvalue weighted by Gasteiger charge is -1.98. The molecular weight excluding hydrogens is 273 g/mol.